The SMILES string of the molecule is CNS(=O)(=O)c1cccc(OCC(O)CNC2COC3(CCN(S(=O)(=O)c4ccc(Cl)s4)CC3)C2)c1. The summed E-state index contributed by atoms with van der Waals surface area (Å²) in [5, 5.41) is 13.6. The van der Waals surface area contributed by atoms with Crippen LogP contribution >= 0.6 is 22.9 Å². The normalized spacial score (nSPS) is 21.6. The summed E-state index contributed by atoms with van der Waals surface area (Å²) in [6.07, 6.45) is 1.11. The Balaban J connectivity index is 1.22. The fourth-order valence-electron chi connectivity index (χ4n) is 4.42. The standard InChI is InChI=1S/C22H30ClN3O7S3/c1-24-35(28,29)19-4-2-3-18(11-19)32-15-17(27)13-25-16-12-22(33-14-16)7-9-26(10-8-22)36(30,31)21-6-5-20(23)34-21/h2-6,11,16-17,24-25,27H,7-10,12-15H2,1H3. The smallest absolute Gasteiger partial charge is 0.252 e. The van der Waals surface area contributed by atoms with Crippen molar-refractivity contribution in [3.05, 3.63) is 40.7 Å². The summed E-state index contributed by atoms with van der Waals surface area (Å²) >= 11 is 6.97. The van der Waals surface area contributed by atoms with Crippen LogP contribution in [0.2, 0.25) is 4.34 Å². The topological polar surface area (TPSA) is 134 Å². The van der Waals surface area contributed by atoms with Crippen LogP contribution in [-0.2, 0) is 24.8 Å². The molecule has 3 N–H and O–H groups in total. The summed E-state index contributed by atoms with van der Waals surface area (Å²) in [4.78, 5) is 0.0848. The van der Waals surface area contributed by atoms with Crippen molar-refractivity contribution in [2.24, 2.45) is 0 Å². The third-order valence-corrected chi connectivity index (χ3v) is 11.5. The molecule has 2 aromatic rings. The average molecular weight is 580 g/mol. The van der Waals surface area contributed by atoms with Crippen LogP contribution in [0.1, 0.15) is 19.3 Å². The Bertz CT molecular complexity index is 1260. The zero-order valence-corrected chi connectivity index (χ0v) is 22.9. The van der Waals surface area contributed by atoms with Crippen molar-refractivity contribution in [2.45, 2.75) is 46.1 Å². The Labute approximate surface area is 220 Å². The number of thiophene rings is 1. The summed E-state index contributed by atoms with van der Waals surface area (Å²) in [6, 6.07) is 9.22. The van der Waals surface area contributed by atoms with Crippen molar-refractivity contribution in [3.8, 4) is 5.75 Å². The Hall–Kier alpha value is -1.29. The van der Waals surface area contributed by atoms with Crippen LogP contribution in [0.5, 0.6) is 5.75 Å². The third kappa shape index (κ3) is 6.40. The van der Waals surface area contributed by atoms with Crippen molar-refractivity contribution in [2.75, 3.05) is 39.9 Å². The van der Waals surface area contributed by atoms with Crippen LogP contribution in [-0.4, -0.2) is 83.9 Å². The molecule has 2 aliphatic rings. The highest BCUT2D eigenvalue weighted by atomic mass is 35.5. The number of piperidine rings is 1. The quantitative estimate of drug-likeness (QED) is 0.387. The summed E-state index contributed by atoms with van der Waals surface area (Å²) in [7, 11) is -5.80. The number of hydrogen-bond acceptors (Lipinski definition) is 9. The van der Waals surface area contributed by atoms with E-state index in [0.29, 0.717) is 42.6 Å². The fourth-order valence-corrected chi connectivity index (χ4v) is 8.27. The molecule has 200 valence electrons. The predicted octanol–water partition coefficient (Wildman–Crippen LogP) is 1.65. The highest BCUT2D eigenvalue weighted by molar-refractivity contribution is 7.91. The Kier molecular flexibility index (Phi) is 8.64. The highest BCUT2D eigenvalue weighted by Gasteiger charge is 2.45. The zero-order valence-electron chi connectivity index (χ0n) is 19.7. The molecule has 2 aliphatic heterocycles. The van der Waals surface area contributed by atoms with Gasteiger partial charge in [-0.05, 0) is 50.6 Å². The first kappa shape index (κ1) is 27.7. The van der Waals surface area contributed by atoms with Gasteiger partial charge in [-0.15, -0.1) is 11.3 Å². The molecule has 0 saturated carbocycles. The van der Waals surface area contributed by atoms with Gasteiger partial charge >= 0.3 is 0 Å². The first-order chi connectivity index (χ1) is 17.0. The number of hydrogen-bond donors (Lipinski definition) is 3. The molecule has 0 amide bonds. The summed E-state index contributed by atoms with van der Waals surface area (Å²) in [5.74, 6) is 0.347. The van der Waals surface area contributed by atoms with Crippen molar-refractivity contribution in [1.29, 1.82) is 0 Å². The number of benzene rings is 1. The number of aliphatic hydroxyl groups excluding tert-OH is 1. The minimum absolute atomic E-state index is 0.00562. The summed E-state index contributed by atoms with van der Waals surface area (Å²) < 4.78 is 65.7. The van der Waals surface area contributed by atoms with Gasteiger partial charge in [-0.1, -0.05) is 17.7 Å². The Morgan fingerprint density at radius 1 is 1.25 bits per heavy atom. The van der Waals surface area contributed by atoms with Gasteiger partial charge in [-0.2, -0.15) is 4.31 Å². The Morgan fingerprint density at radius 3 is 2.67 bits per heavy atom. The molecule has 2 atom stereocenters. The summed E-state index contributed by atoms with van der Waals surface area (Å²) in [5.41, 5.74) is -0.378. The predicted molar refractivity (Wildman–Crippen MR) is 137 cm³/mol. The van der Waals surface area contributed by atoms with E-state index in [1.54, 1.807) is 18.2 Å². The van der Waals surface area contributed by atoms with Crippen LogP contribution in [0.15, 0.2) is 45.5 Å². The minimum atomic E-state index is -3.58. The maximum absolute atomic E-state index is 12.8. The lowest BCUT2D eigenvalue weighted by atomic mass is 9.88. The highest BCUT2D eigenvalue weighted by Crippen LogP contribution is 2.38. The molecule has 0 radical (unpaired) electrons. The largest absolute Gasteiger partial charge is 0.491 e. The van der Waals surface area contributed by atoms with E-state index in [1.807, 2.05) is 0 Å². The second-order valence-corrected chi connectivity index (χ2v) is 14.7. The summed E-state index contributed by atoms with van der Waals surface area (Å²) in [6.45, 7) is 1.50. The molecule has 2 fully saturated rings. The second kappa shape index (κ2) is 11.2. The molecule has 1 spiro atoms. The molecule has 0 bridgehead atoms. The van der Waals surface area contributed by atoms with Gasteiger partial charge in [0.25, 0.3) is 10.0 Å². The van der Waals surface area contributed by atoms with Crippen LogP contribution in [0.25, 0.3) is 0 Å². The zero-order chi connectivity index (χ0) is 26.0. The second-order valence-electron chi connectivity index (χ2n) is 8.91. The van der Waals surface area contributed by atoms with E-state index in [-0.39, 0.29) is 33.9 Å². The van der Waals surface area contributed by atoms with Gasteiger partial charge in [-0.3, -0.25) is 0 Å². The van der Waals surface area contributed by atoms with E-state index >= 15 is 0 Å². The molecule has 2 saturated heterocycles. The van der Waals surface area contributed by atoms with Crippen molar-refractivity contribution >= 4 is 43.0 Å². The van der Waals surface area contributed by atoms with Gasteiger partial charge in [0.1, 0.15) is 22.7 Å². The maximum atomic E-state index is 12.8. The lowest BCUT2D eigenvalue weighted by molar-refractivity contribution is -0.0311. The molecular formula is C22H30ClN3O7S3. The van der Waals surface area contributed by atoms with E-state index in [1.165, 1.54) is 29.6 Å². The lowest BCUT2D eigenvalue weighted by Crippen LogP contribution is -2.47. The number of nitrogens with zero attached hydrogens (tertiary/aromatic N) is 1. The van der Waals surface area contributed by atoms with E-state index < -0.39 is 26.2 Å². The first-order valence-electron chi connectivity index (χ1n) is 11.5. The van der Waals surface area contributed by atoms with Crippen molar-refractivity contribution < 1.29 is 31.4 Å². The molecule has 0 aliphatic carbocycles. The number of halogens is 1. The van der Waals surface area contributed by atoms with Crippen LogP contribution in [0.4, 0.5) is 0 Å². The lowest BCUT2D eigenvalue weighted by Gasteiger charge is -2.37. The van der Waals surface area contributed by atoms with Gasteiger partial charge in [0.15, 0.2) is 0 Å². The van der Waals surface area contributed by atoms with Crippen LogP contribution in [0, 0.1) is 0 Å². The molecule has 4 rings (SSSR count). The molecule has 1 aromatic carbocycles. The third-order valence-electron chi connectivity index (χ3n) is 6.45. The van der Waals surface area contributed by atoms with Gasteiger partial charge in [0, 0.05) is 31.7 Å². The molecule has 2 unspecified atom stereocenters. The molecule has 14 heteroatoms. The molecule has 3 heterocycles. The number of ether oxygens (including phenoxy) is 2. The van der Waals surface area contributed by atoms with Gasteiger partial charge in [-0.25, -0.2) is 21.6 Å². The van der Waals surface area contributed by atoms with Crippen molar-refractivity contribution in [3.63, 3.8) is 0 Å². The average Bonchev–Trinajstić information content (AvgIpc) is 3.48. The minimum Gasteiger partial charge on any atom is -0.491 e. The van der Waals surface area contributed by atoms with Crippen LogP contribution in [0.3, 0.4) is 0 Å². The maximum Gasteiger partial charge on any atom is 0.252 e. The molecule has 36 heavy (non-hydrogen) atoms. The van der Waals surface area contributed by atoms with Gasteiger partial charge in [0.05, 0.1) is 21.4 Å². The van der Waals surface area contributed by atoms with Gasteiger partial charge < -0.3 is 19.9 Å². The first-order valence-corrected chi connectivity index (χ1v) is 15.6. The fraction of sp³-hybridized carbons (Fsp3) is 0.545. The van der Waals surface area contributed by atoms with E-state index in [9.17, 15) is 21.9 Å². The number of rotatable bonds is 10. The van der Waals surface area contributed by atoms with E-state index in [0.717, 1.165) is 17.8 Å². The molecule has 1 aromatic heterocycles. The van der Waals surface area contributed by atoms with Crippen LogP contribution < -0.4 is 14.8 Å². The molecular weight excluding hydrogens is 550 g/mol. The van der Waals surface area contributed by atoms with Gasteiger partial charge in [0.2, 0.25) is 10.0 Å². The number of aliphatic hydroxyl groups is 1. The Morgan fingerprint density at radius 2 is 2.00 bits per heavy atom. The van der Waals surface area contributed by atoms with E-state index in [4.69, 9.17) is 21.1 Å². The van der Waals surface area contributed by atoms with Crippen molar-refractivity contribution in [1.82, 2.24) is 14.3 Å². The number of sulfonamides is 2. The monoisotopic (exact) mass is 579 g/mol. The molecule has 10 nitrogen and oxygen atoms in total. The number of nitrogens with one attached hydrogen (secondary N) is 2. The van der Waals surface area contributed by atoms with E-state index in [2.05, 4.69) is 10.0 Å².